The fourth-order valence-electron chi connectivity index (χ4n) is 0. The Kier molecular flexibility index (Phi) is 82.9. The fourth-order valence-corrected chi connectivity index (χ4v) is 0. The van der Waals surface area contributed by atoms with Crippen LogP contribution in [-0.2, 0) is 0 Å². The summed E-state index contributed by atoms with van der Waals surface area (Å²) in [6, 6.07) is 0. The quantitative estimate of drug-likeness (QED) is 0.316. The topological polar surface area (TPSA) is 0 Å². The predicted molar refractivity (Wildman–Crippen MR) is 37.7 cm³/mol. The van der Waals surface area contributed by atoms with Crippen molar-refractivity contribution in [1.82, 2.24) is 0 Å². The van der Waals surface area contributed by atoms with E-state index in [0.717, 1.165) is 0 Å². The average Bonchev–Trinajstić information content (AvgIpc) is 1.69. The molecule has 0 heterocycles. The largest absolute Gasteiger partial charge is 1.00 e. The number of alkyl halides is 2. The van der Waals surface area contributed by atoms with Crippen LogP contribution in [0.15, 0.2) is 0 Å². The first kappa shape index (κ1) is 22.4. The van der Waals surface area contributed by atoms with E-state index in [9.17, 15) is 0 Å². The number of rotatable bonds is 1. The summed E-state index contributed by atoms with van der Waals surface area (Å²) in [5.74, 6) is 1.11. The van der Waals surface area contributed by atoms with Gasteiger partial charge in [-0.15, -0.1) is 23.2 Å². The average molecular weight is 226 g/mol. The number of hydrogen-bond acceptors (Lipinski definition) is 0. The zero-order valence-corrected chi connectivity index (χ0v) is 9.39. The van der Waals surface area contributed by atoms with Gasteiger partial charge < -0.3 is 24.8 Å². The molecule has 56 valence electrons. The summed E-state index contributed by atoms with van der Waals surface area (Å²) in [6.45, 7) is 2.09. The van der Waals surface area contributed by atoms with Gasteiger partial charge in [0, 0.05) is 11.8 Å². The molecule has 0 aromatic heterocycles. The Balaban J connectivity index is -0.0000000233. The molecule has 0 spiro atoms. The van der Waals surface area contributed by atoms with Gasteiger partial charge in [-0.2, -0.15) is 0 Å². The summed E-state index contributed by atoms with van der Waals surface area (Å²) < 4.78 is 0. The third-order valence-corrected chi connectivity index (χ3v) is 0.643. The maximum atomic E-state index is 5.05. The maximum Gasteiger partial charge on any atom is 0.0359 e. The van der Waals surface area contributed by atoms with E-state index in [4.69, 9.17) is 23.2 Å². The SMILES string of the molecule is C[CH2][Al+2].ClCCCl.[Cl-].[Cl-]. The Morgan fingerprint density at radius 3 is 1.22 bits per heavy atom. The summed E-state index contributed by atoms with van der Waals surface area (Å²) in [4.78, 5) is 0. The molecule has 0 aromatic rings. The van der Waals surface area contributed by atoms with Crippen molar-refractivity contribution in [3.05, 3.63) is 0 Å². The van der Waals surface area contributed by atoms with Crippen molar-refractivity contribution < 1.29 is 24.8 Å². The molecule has 0 N–H and O–H groups in total. The van der Waals surface area contributed by atoms with Gasteiger partial charge in [0.15, 0.2) is 0 Å². The molecule has 0 aliphatic heterocycles. The number of halogens is 4. The second-order valence-corrected chi connectivity index (χ2v) is 2.36. The second kappa shape index (κ2) is 33.3. The van der Waals surface area contributed by atoms with Crippen LogP contribution in [0.2, 0.25) is 5.28 Å². The van der Waals surface area contributed by atoms with Crippen LogP contribution in [0.3, 0.4) is 0 Å². The Bertz CT molecular complexity index is 20.0. The van der Waals surface area contributed by atoms with Crippen LogP contribution < -0.4 is 24.8 Å². The third kappa shape index (κ3) is 79.1. The predicted octanol–water partition coefficient (Wildman–Crippen LogP) is -3.93. The van der Waals surface area contributed by atoms with Crippen LogP contribution >= 0.6 is 23.2 Å². The van der Waals surface area contributed by atoms with Crippen molar-refractivity contribution in [3.8, 4) is 0 Å². The van der Waals surface area contributed by atoms with Gasteiger partial charge in [0.25, 0.3) is 0 Å². The minimum absolute atomic E-state index is 0. The van der Waals surface area contributed by atoms with Crippen molar-refractivity contribution in [2.45, 2.75) is 12.2 Å². The van der Waals surface area contributed by atoms with Gasteiger partial charge in [-0.25, -0.2) is 0 Å². The zero-order valence-electron chi connectivity index (χ0n) is 5.21. The van der Waals surface area contributed by atoms with Crippen molar-refractivity contribution >= 4 is 39.5 Å². The Hall–Kier alpha value is 1.69. The van der Waals surface area contributed by atoms with E-state index >= 15 is 0 Å². The Morgan fingerprint density at radius 2 is 1.22 bits per heavy atom. The molecule has 0 aliphatic carbocycles. The minimum Gasteiger partial charge on any atom is -1.00 e. The molecule has 0 unspecified atom stereocenters. The smallest absolute Gasteiger partial charge is 0.0359 e. The van der Waals surface area contributed by atoms with Crippen molar-refractivity contribution in [2.24, 2.45) is 0 Å². The fraction of sp³-hybridized carbons (Fsp3) is 1.00. The monoisotopic (exact) mass is 224 g/mol. The molecular weight excluding hydrogens is 217 g/mol. The van der Waals surface area contributed by atoms with E-state index in [-0.39, 0.29) is 24.8 Å². The van der Waals surface area contributed by atoms with Crippen molar-refractivity contribution in [1.29, 1.82) is 0 Å². The molecule has 0 aromatic carbocycles. The van der Waals surface area contributed by atoms with Crippen LogP contribution in [0.1, 0.15) is 6.92 Å². The standard InChI is InChI=1S/C2H4Cl2.C2H5.Al.2ClH/c3-1-2-4;1-2;;;/h1-2H2;1H2,2H3;;2*1H/q;;+2;;/p-2. The first-order chi connectivity index (χ1) is 3.33. The van der Waals surface area contributed by atoms with E-state index in [1.807, 2.05) is 0 Å². The molecule has 9 heavy (non-hydrogen) atoms. The van der Waals surface area contributed by atoms with E-state index in [2.05, 4.69) is 23.2 Å². The molecule has 0 bridgehead atoms. The summed E-state index contributed by atoms with van der Waals surface area (Å²) in [7, 11) is 0. The summed E-state index contributed by atoms with van der Waals surface area (Å²) in [5.41, 5.74) is 0. The Labute approximate surface area is 87.9 Å². The molecule has 0 amide bonds. The van der Waals surface area contributed by atoms with Crippen LogP contribution in [0.25, 0.3) is 0 Å². The first-order valence-electron chi connectivity index (χ1n) is 2.15. The molecule has 5 heteroatoms. The molecule has 0 aliphatic rings. The van der Waals surface area contributed by atoms with E-state index < -0.39 is 0 Å². The second-order valence-electron chi connectivity index (χ2n) is 0.786. The summed E-state index contributed by atoms with van der Waals surface area (Å²) >= 11 is 12.7. The molecular formula is C4H9AlCl4. The molecule has 0 saturated heterocycles. The molecule has 0 radical (unpaired) electrons. The van der Waals surface area contributed by atoms with Gasteiger partial charge in [0.2, 0.25) is 0 Å². The summed E-state index contributed by atoms with van der Waals surface area (Å²) in [5, 5.41) is 1.17. The van der Waals surface area contributed by atoms with Gasteiger partial charge in [-0.3, -0.25) is 0 Å². The van der Waals surface area contributed by atoms with E-state index in [0.29, 0.717) is 11.8 Å². The van der Waals surface area contributed by atoms with Crippen molar-refractivity contribution in [3.63, 3.8) is 0 Å². The molecule has 0 atom stereocenters. The van der Waals surface area contributed by atoms with Crippen LogP contribution in [0.5, 0.6) is 0 Å². The van der Waals surface area contributed by atoms with Crippen molar-refractivity contribution in [2.75, 3.05) is 11.8 Å². The minimum atomic E-state index is 0. The number of hydrogen-bond donors (Lipinski definition) is 0. The Morgan fingerprint density at radius 1 is 1.11 bits per heavy atom. The van der Waals surface area contributed by atoms with Crippen LogP contribution in [0.4, 0.5) is 0 Å². The normalized spacial score (nSPS) is 5.44. The van der Waals surface area contributed by atoms with Crippen LogP contribution in [-0.4, -0.2) is 28.1 Å². The molecule has 0 rings (SSSR count). The molecule has 0 nitrogen and oxygen atoms in total. The van der Waals surface area contributed by atoms with E-state index in [1.165, 1.54) is 5.28 Å². The van der Waals surface area contributed by atoms with Crippen LogP contribution in [0, 0.1) is 0 Å². The first-order valence-corrected chi connectivity index (χ1v) is 4.04. The van der Waals surface area contributed by atoms with Gasteiger partial charge in [-0.1, -0.05) is 0 Å². The van der Waals surface area contributed by atoms with Gasteiger partial charge in [-0.05, 0) is 0 Å². The third-order valence-electron chi connectivity index (χ3n) is 0.0714. The van der Waals surface area contributed by atoms with E-state index in [1.54, 1.807) is 0 Å². The van der Waals surface area contributed by atoms with Gasteiger partial charge >= 0.3 is 28.5 Å². The van der Waals surface area contributed by atoms with Gasteiger partial charge in [0.05, 0.1) is 0 Å². The van der Waals surface area contributed by atoms with Gasteiger partial charge in [0.1, 0.15) is 0 Å². The molecule has 0 fully saturated rings. The zero-order chi connectivity index (χ0) is 6.12. The molecule has 0 saturated carbocycles. The summed E-state index contributed by atoms with van der Waals surface area (Å²) in [6.07, 6.45) is 0. The maximum absolute atomic E-state index is 5.05.